The number of H-pyrrole nitrogens is 1. The molecule has 7 nitrogen and oxygen atoms in total. The Kier molecular flexibility index (Phi) is 5.80. The molecule has 0 radical (unpaired) electrons. The Balaban J connectivity index is 1.59. The summed E-state index contributed by atoms with van der Waals surface area (Å²) in [5, 5.41) is 8.19. The monoisotopic (exact) mass is 456 g/mol. The Labute approximate surface area is 178 Å². The Morgan fingerprint density at radius 2 is 2.14 bits per heavy atom. The highest BCUT2D eigenvalue weighted by molar-refractivity contribution is 9.10. The second-order valence-electron chi connectivity index (χ2n) is 7.11. The highest BCUT2D eigenvalue weighted by atomic mass is 79.9. The zero-order valence-corrected chi connectivity index (χ0v) is 18.6. The predicted molar refractivity (Wildman–Crippen MR) is 117 cm³/mol. The van der Waals surface area contributed by atoms with E-state index in [0.29, 0.717) is 12.5 Å². The molecule has 8 heteroatoms. The molecular weight excluding hydrogens is 432 g/mol. The molecule has 0 atom stereocenters. The summed E-state index contributed by atoms with van der Waals surface area (Å²) in [4.78, 5) is 12.9. The topological polar surface area (TPSA) is 81.0 Å². The van der Waals surface area contributed by atoms with Gasteiger partial charge in [0.2, 0.25) is 5.90 Å². The molecule has 0 amide bonds. The minimum absolute atomic E-state index is 0.581. The summed E-state index contributed by atoms with van der Waals surface area (Å²) in [5.74, 6) is 0.693. The molecule has 4 heterocycles. The second kappa shape index (κ2) is 8.49. The third-order valence-electron chi connectivity index (χ3n) is 5.12. The van der Waals surface area contributed by atoms with E-state index in [0.717, 1.165) is 64.6 Å². The summed E-state index contributed by atoms with van der Waals surface area (Å²) >= 11 is 3.75. The summed E-state index contributed by atoms with van der Waals surface area (Å²) in [6, 6.07) is 2.06. The fourth-order valence-corrected chi connectivity index (χ4v) is 4.42. The first-order valence-corrected chi connectivity index (χ1v) is 10.8. The molecule has 1 aliphatic rings. The van der Waals surface area contributed by atoms with Gasteiger partial charge in [0.05, 0.1) is 16.6 Å². The van der Waals surface area contributed by atoms with Gasteiger partial charge >= 0.3 is 0 Å². The van der Waals surface area contributed by atoms with Crippen molar-refractivity contribution in [3.8, 4) is 0 Å². The fourth-order valence-electron chi connectivity index (χ4n) is 3.63. The van der Waals surface area contributed by atoms with Gasteiger partial charge in [-0.25, -0.2) is 14.7 Å². The van der Waals surface area contributed by atoms with E-state index in [1.807, 2.05) is 20.2 Å². The van der Waals surface area contributed by atoms with Gasteiger partial charge in [-0.1, -0.05) is 18.2 Å². The first-order valence-electron chi connectivity index (χ1n) is 10.0. The van der Waals surface area contributed by atoms with Crippen LogP contribution in [0.3, 0.4) is 0 Å². The maximum atomic E-state index is 5.95. The number of aryl methyl sites for hydroxylation is 4. The number of aromatic nitrogens is 5. The number of aromatic amines is 1. The number of halogens is 1. The normalized spacial score (nSPS) is 14.2. The van der Waals surface area contributed by atoms with E-state index < -0.39 is 0 Å². The first kappa shape index (κ1) is 19.8. The predicted octanol–water partition coefficient (Wildman–Crippen LogP) is 4.26. The number of allylic oxidation sites excluding steroid dienone is 2. The van der Waals surface area contributed by atoms with E-state index in [9.17, 15) is 0 Å². The number of fused-ring (bicyclic) bond motifs is 2. The summed E-state index contributed by atoms with van der Waals surface area (Å²) in [5.41, 5.74) is 7.24. The Morgan fingerprint density at radius 1 is 1.28 bits per heavy atom. The van der Waals surface area contributed by atoms with Gasteiger partial charge in [0.15, 0.2) is 5.65 Å². The standard InChI is InChI=1S/C21H25BrN6O/c1-4-15-19(22)18-16(25-15)8-6-7-14(24-21(18)29-5-2)10-9-13-11-17-20(23-12-13)28(3)27-26-17/h7,11-12,25H,4-6,8-10H2,1-3H3. The number of hydrogen-bond acceptors (Lipinski definition) is 5. The Morgan fingerprint density at radius 3 is 2.93 bits per heavy atom. The lowest BCUT2D eigenvalue weighted by Gasteiger charge is -2.14. The summed E-state index contributed by atoms with van der Waals surface area (Å²) in [6.45, 7) is 4.72. The lowest BCUT2D eigenvalue weighted by molar-refractivity contribution is 0.327. The van der Waals surface area contributed by atoms with E-state index >= 15 is 0 Å². The van der Waals surface area contributed by atoms with Crippen molar-refractivity contribution in [3.05, 3.63) is 51.0 Å². The summed E-state index contributed by atoms with van der Waals surface area (Å²) in [6.07, 6.45) is 8.61. The lowest BCUT2D eigenvalue weighted by atomic mass is 10.1. The van der Waals surface area contributed by atoms with Crippen LogP contribution in [-0.4, -0.2) is 37.5 Å². The minimum Gasteiger partial charge on any atom is -0.477 e. The molecule has 4 rings (SSSR count). The molecule has 0 fully saturated rings. The zero-order chi connectivity index (χ0) is 20.4. The van der Waals surface area contributed by atoms with E-state index in [-0.39, 0.29) is 0 Å². The van der Waals surface area contributed by atoms with Gasteiger partial charge < -0.3 is 9.72 Å². The molecule has 1 aliphatic heterocycles. The third kappa shape index (κ3) is 3.99. The third-order valence-corrected chi connectivity index (χ3v) is 6.00. The van der Waals surface area contributed by atoms with Gasteiger partial charge in [0.25, 0.3) is 0 Å². The highest BCUT2D eigenvalue weighted by Gasteiger charge is 2.22. The van der Waals surface area contributed by atoms with Crippen molar-refractivity contribution in [2.24, 2.45) is 12.0 Å². The van der Waals surface area contributed by atoms with Gasteiger partial charge in [0.1, 0.15) is 5.52 Å². The Hall–Kier alpha value is -2.48. The lowest BCUT2D eigenvalue weighted by Crippen LogP contribution is -2.11. The van der Waals surface area contributed by atoms with Crippen molar-refractivity contribution in [2.45, 2.75) is 46.0 Å². The van der Waals surface area contributed by atoms with Crippen LogP contribution in [0.25, 0.3) is 11.2 Å². The number of nitrogens with zero attached hydrogens (tertiary/aromatic N) is 5. The number of pyridine rings is 1. The molecule has 1 N–H and O–H groups in total. The van der Waals surface area contributed by atoms with Crippen LogP contribution in [0.15, 0.2) is 33.5 Å². The Bertz CT molecular complexity index is 1090. The van der Waals surface area contributed by atoms with Crippen LogP contribution in [-0.2, 0) is 31.0 Å². The van der Waals surface area contributed by atoms with E-state index in [1.165, 1.54) is 11.4 Å². The average Bonchev–Trinajstić information content (AvgIpc) is 3.23. The van der Waals surface area contributed by atoms with Crippen molar-refractivity contribution in [2.75, 3.05) is 6.61 Å². The van der Waals surface area contributed by atoms with Crippen LogP contribution in [0, 0.1) is 0 Å². The molecule has 3 aromatic rings. The van der Waals surface area contributed by atoms with Crippen molar-refractivity contribution < 1.29 is 4.74 Å². The maximum Gasteiger partial charge on any atom is 0.223 e. The van der Waals surface area contributed by atoms with Gasteiger partial charge in [-0.05, 0) is 66.6 Å². The van der Waals surface area contributed by atoms with E-state index in [1.54, 1.807) is 4.68 Å². The van der Waals surface area contributed by atoms with Crippen molar-refractivity contribution in [1.29, 1.82) is 0 Å². The number of ether oxygens (including phenoxy) is 1. The summed E-state index contributed by atoms with van der Waals surface area (Å²) in [7, 11) is 1.85. The average molecular weight is 457 g/mol. The number of nitrogens with one attached hydrogen (secondary N) is 1. The van der Waals surface area contributed by atoms with Gasteiger partial charge in [0, 0.05) is 30.3 Å². The molecule has 0 saturated carbocycles. The molecule has 0 unspecified atom stereocenters. The molecular formula is C21H25BrN6O. The van der Waals surface area contributed by atoms with Crippen molar-refractivity contribution in [3.63, 3.8) is 0 Å². The van der Waals surface area contributed by atoms with Crippen LogP contribution < -0.4 is 0 Å². The molecule has 3 aromatic heterocycles. The molecule has 0 aromatic carbocycles. The van der Waals surface area contributed by atoms with Crippen molar-refractivity contribution >= 4 is 33.0 Å². The number of rotatable bonds is 5. The molecule has 0 aliphatic carbocycles. The molecule has 0 bridgehead atoms. The van der Waals surface area contributed by atoms with Crippen LogP contribution in [0.5, 0.6) is 0 Å². The minimum atomic E-state index is 0.581. The van der Waals surface area contributed by atoms with E-state index in [4.69, 9.17) is 9.73 Å². The van der Waals surface area contributed by atoms with Crippen LogP contribution in [0.4, 0.5) is 0 Å². The first-order chi connectivity index (χ1) is 14.1. The van der Waals surface area contributed by atoms with Crippen LogP contribution in [0.2, 0.25) is 0 Å². The fraction of sp³-hybridized carbons (Fsp3) is 0.429. The van der Waals surface area contributed by atoms with Crippen LogP contribution in [0.1, 0.15) is 49.2 Å². The maximum absolute atomic E-state index is 5.95. The zero-order valence-electron chi connectivity index (χ0n) is 17.0. The summed E-state index contributed by atoms with van der Waals surface area (Å²) < 4.78 is 8.71. The largest absolute Gasteiger partial charge is 0.477 e. The van der Waals surface area contributed by atoms with Crippen molar-refractivity contribution in [1.82, 2.24) is 25.0 Å². The smallest absolute Gasteiger partial charge is 0.223 e. The second-order valence-corrected chi connectivity index (χ2v) is 7.90. The van der Waals surface area contributed by atoms with Gasteiger partial charge in [-0.2, -0.15) is 0 Å². The van der Waals surface area contributed by atoms with Crippen LogP contribution >= 0.6 is 15.9 Å². The number of hydrogen-bond donors (Lipinski definition) is 1. The SMILES string of the molecule is CCOC1=NC(CCc2cnc3c(c2)nnn3C)=CCCc2[nH]c(CC)c(Br)c21. The number of aliphatic imine (C=N–C) groups is 1. The quantitative estimate of drug-likeness (QED) is 0.621. The molecule has 0 saturated heterocycles. The molecule has 29 heavy (non-hydrogen) atoms. The van der Waals surface area contributed by atoms with Gasteiger partial charge in [-0.3, -0.25) is 0 Å². The molecule has 0 spiro atoms. The highest BCUT2D eigenvalue weighted by Crippen LogP contribution is 2.30. The van der Waals surface area contributed by atoms with E-state index in [2.05, 4.69) is 55.3 Å². The van der Waals surface area contributed by atoms with Gasteiger partial charge in [-0.15, -0.1) is 5.10 Å². The molecule has 152 valence electrons.